The van der Waals surface area contributed by atoms with Crippen molar-refractivity contribution >= 4 is 0 Å². The van der Waals surface area contributed by atoms with Crippen molar-refractivity contribution in [2.45, 2.75) is 51.5 Å². The maximum absolute atomic E-state index is 6.55. The Hall–Kier alpha value is -0.820. The Morgan fingerprint density at radius 2 is 1.76 bits per heavy atom. The first-order valence-electron chi connectivity index (χ1n) is 6.92. The minimum atomic E-state index is 0.0484. The summed E-state index contributed by atoms with van der Waals surface area (Å²) in [6, 6.07) is 10.7. The summed E-state index contributed by atoms with van der Waals surface area (Å²) in [5, 5.41) is 0. The zero-order valence-corrected chi connectivity index (χ0v) is 11.2. The third-order valence-corrected chi connectivity index (χ3v) is 4.37. The van der Waals surface area contributed by atoms with E-state index in [2.05, 4.69) is 44.2 Å². The Morgan fingerprint density at radius 3 is 2.29 bits per heavy atom. The molecule has 94 valence electrons. The Balaban J connectivity index is 1.94. The van der Waals surface area contributed by atoms with Gasteiger partial charge in [-0.05, 0) is 49.5 Å². The highest BCUT2D eigenvalue weighted by Crippen LogP contribution is 2.36. The van der Waals surface area contributed by atoms with Crippen molar-refractivity contribution in [1.29, 1.82) is 0 Å². The van der Waals surface area contributed by atoms with Gasteiger partial charge in [0, 0.05) is 5.54 Å². The Kier molecular flexibility index (Phi) is 3.88. The highest BCUT2D eigenvalue weighted by Gasteiger charge is 2.32. The molecule has 1 aliphatic rings. The van der Waals surface area contributed by atoms with Crippen LogP contribution in [0, 0.1) is 11.8 Å². The highest BCUT2D eigenvalue weighted by molar-refractivity contribution is 5.18. The fourth-order valence-electron chi connectivity index (χ4n) is 3.06. The molecule has 2 rings (SSSR count). The van der Waals surface area contributed by atoms with Crippen LogP contribution in [-0.2, 0) is 6.42 Å². The van der Waals surface area contributed by atoms with Gasteiger partial charge >= 0.3 is 0 Å². The molecule has 1 aromatic carbocycles. The molecule has 0 atom stereocenters. The molecule has 2 N–H and O–H groups in total. The van der Waals surface area contributed by atoms with Crippen molar-refractivity contribution in [3.63, 3.8) is 0 Å². The Bertz CT molecular complexity index is 334. The molecule has 1 nitrogen and oxygen atoms in total. The predicted molar refractivity (Wildman–Crippen MR) is 73.9 cm³/mol. The van der Waals surface area contributed by atoms with E-state index in [0.717, 1.165) is 18.3 Å². The lowest BCUT2D eigenvalue weighted by molar-refractivity contribution is 0.194. The first-order valence-corrected chi connectivity index (χ1v) is 6.92. The normalized spacial score (nSPS) is 29.5. The van der Waals surface area contributed by atoms with E-state index in [4.69, 9.17) is 5.73 Å². The van der Waals surface area contributed by atoms with Crippen LogP contribution in [0.3, 0.4) is 0 Å². The molecule has 1 saturated carbocycles. The van der Waals surface area contributed by atoms with Gasteiger partial charge in [-0.2, -0.15) is 0 Å². The van der Waals surface area contributed by atoms with Crippen LogP contribution in [0.25, 0.3) is 0 Å². The SMILES string of the molecule is CC(C)C1CCC(N)(Cc2ccccc2)CC1. The maximum Gasteiger partial charge on any atom is 0.0195 e. The summed E-state index contributed by atoms with van der Waals surface area (Å²) in [5.74, 6) is 1.71. The molecule has 0 amide bonds. The van der Waals surface area contributed by atoms with Crippen molar-refractivity contribution in [3.05, 3.63) is 35.9 Å². The molecule has 0 aliphatic heterocycles. The zero-order chi connectivity index (χ0) is 12.3. The maximum atomic E-state index is 6.55. The molecule has 0 radical (unpaired) electrons. The summed E-state index contributed by atoms with van der Waals surface area (Å²) in [5.41, 5.74) is 7.99. The van der Waals surface area contributed by atoms with Gasteiger partial charge in [0.15, 0.2) is 0 Å². The predicted octanol–water partition coefficient (Wildman–Crippen LogP) is 3.77. The Morgan fingerprint density at radius 1 is 1.18 bits per heavy atom. The second-order valence-electron chi connectivity index (χ2n) is 6.11. The number of hydrogen-bond donors (Lipinski definition) is 1. The van der Waals surface area contributed by atoms with Crippen LogP contribution in [0.15, 0.2) is 30.3 Å². The monoisotopic (exact) mass is 231 g/mol. The van der Waals surface area contributed by atoms with Crippen LogP contribution in [0.1, 0.15) is 45.1 Å². The molecule has 0 bridgehead atoms. The van der Waals surface area contributed by atoms with Gasteiger partial charge < -0.3 is 5.73 Å². The smallest absolute Gasteiger partial charge is 0.0195 e. The van der Waals surface area contributed by atoms with Crippen molar-refractivity contribution < 1.29 is 0 Å². The van der Waals surface area contributed by atoms with Gasteiger partial charge in [-0.15, -0.1) is 0 Å². The third kappa shape index (κ3) is 3.32. The first-order chi connectivity index (χ1) is 8.09. The number of benzene rings is 1. The molecule has 1 aromatic rings. The molecule has 1 aliphatic carbocycles. The summed E-state index contributed by atoms with van der Waals surface area (Å²) in [4.78, 5) is 0. The largest absolute Gasteiger partial charge is 0.325 e. The topological polar surface area (TPSA) is 26.0 Å². The van der Waals surface area contributed by atoms with E-state index in [-0.39, 0.29) is 5.54 Å². The number of nitrogens with two attached hydrogens (primary N) is 1. The average Bonchev–Trinajstić information content (AvgIpc) is 2.30. The van der Waals surface area contributed by atoms with Crippen molar-refractivity contribution in [3.8, 4) is 0 Å². The van der Waals surface area contributed by atoms with E-state index >= 15 is 0 Å². The first kappa shape index (κ1) is 12.6. The third-order valence-electron chi connectivity index (χ3n) is 4.37. The van der Waals surface area contributed by atoms with Crippen molar-refractivity contribution in [1.82, 2.24) is 0 Å². The molecule has 17 heavy (non-hydrogen) atoms. The van der Waals surface area contributed by atoms with Gasteiger partial charge in [-0.1, -0.05) is 44.2 Å². The lowest BCUT2D eigenvalue weighted by atomic mass is 9.71. The van der Waals surface area contributed by atoms with E-state index in [0.29, 0.717) is 0 Å². The van der Waals surface area contributed by atoms with Crippen molar-refractivity contribution in [2.24, 2.45) is 17.6 Å². The molecule has 0 heterocycles. The van der Waals surface area contributed by atoms with Gasteiger partial charge in [0.25, 0.3) is 0 Å². The molecule has 1 fully saturated rings. The fourth-order valence-corrected chi connectivity index (χ4v) is 3.06. The quantitative estimate of drug-likeness (QED) is 0.842. The van der Waals surface area contributed by atoms with Crippen molar-refractivity contribution in [2.75, 3.05) is 0 Å². The molecular formula is C16H25N. The molecule has 0 saturated heterocycles. The second kappa shape index (κ2) is 5.22. The summed E-state index contributed by atoms with van der Waals surface area (Å²) < 4.78 is 0. The van der Waals surface area contributed by atoms with Gasteiger partial charge in [0.2, 0.25) is 0 Å². The van der Waals surface area contributed by atoms with Crippen LogP contribution in [0.2, 0.25) is 0 Å². The van der Waals surface area contributed by atoms with Gasteiger partial charge in [0.1, 0.15) is 0 Å². The van der Waals surface area contributed by atoms with Gasteiger partial charge in [-0.3, -0.25) is 0 Å². The van der Waals surface area contributed by atoms with E-state index in [1.165, 1.54) is 31.2 Å². The second-order valence-corrected chi connectivity index (χ2v) is 6.11. The molecule has 1 heteroatoms. The lowest BCUT2D eigenvalue weighted by Crippen LogP contribution is -2.45. The summed E-state index contributed by atoms with van der Waals surface area (Å²) >= 11 is 0. The minimum absolute atomic E-state index is 0.0484. The number of hydrogen-bond acceptors (Lipinski definition) is 1. The van der Waals surface area contributed by atoms with E-state index in [9.17, 15) is 0 Å². The summed E-state index contributed by atoms with van der Waals surface area (Å²) in [7, 11) is 0. The summed E-state index contributed by atoms with van der Waals surface area (Å²) in [6.07, 6.45) is 6.02. The fraction of sp³-hybridized carbons (Fsp3) is 0.625. The van der Waals surface area contributed by atoms with Gasteiger partial charge in [-0.25, -0.2) is 0 Å². The van der Waals surface area contributed by atoms with Crippen LogP contribution < -0.4 is 5.73 Å². The Labute approximate surface area is 105 Å². The van der Waals surface area contributed by atoms with E-state index in [1.54, 1.807) is 0 Å². The van der Waals surface area contributed by atoms with Crippen LogP contribution in [0.4, 0.5) is 0 Å². The molecule has 0 spiro atoms. The van der Waals surface area contributed by atoms with Crippen LogP contribution in [-0.4, -0.2) is 5.54 Å². The molecule has 0 unspecified atom stereocenters. The van der Waals surface area contributed by atoms with E-state index in [1.807, 2.05) is 0 Å². The van der Waals surface area contributed by atoms with Crippen LogP contribution in [0.5, 0.6) is 0 Å². The van der Waals surface area contributed by atoms with E-state index < -0.39 is 0 Å². The number of rotatable bonds is 3. The van der Waals surface area contributed by atoms with Gasteiger partial charge in [0.05, 0.1) is 0 Å². The zero-order valence-electron chi connectivity index (χ0n) is 11.2. The molecular weight excluding hydrogens is 206 g/mol. The van der Waals surface area contributed by atoms with Crippen LogP contribution >= 0.6 is 0 Å². The highest BCUT2D eigenvalue weighted by atomic mass is 14.7. The minimum Gasteiger partial charge on any atom is -0.325 e. The standard InChI is InChI=1S/C16H25N/c1-13(2)15-8-10-16(17,11-9-15)12-14-6-4-3-5-7-14/h3-7,13,15H,8-12,17H2,1-2H3. The summed E-state index contributed by atoms with van der Waals surface area (Å²) in [6.45, 7) is 4.68. The molecule has 0 aromatic heterocycles. The average molecular weight is 231 g/mol. The lowest BCUT2D eigenvalue weighted by Gasteiger charge is -2.38.